The van der Waals surface area contributed by atoms with Gasteiger partial charge in [0.2, 0.25) is 0 Å². The SMILES string of the molecule is Cn1ccnc1CNCc1cc(C(=O)O)cs1. The highest BCUT2D eigenvalue weighted by Gasteiger charge is 2.06. The van der Waals surface area contributed by atoms with E-state index < -0.39 is 5.97 Å². The average molecular weight is 251 g/mol. The highest BCUT2D eigenvalue weighted by atomic mass is 32.1. The van der Waals surface area contributed by atoms with E-state index in [0.717, 1.165) is 10.7 Å². The molecule has 0 saturated heterocycles. The van der Waals surface area contributed by atoms with Gasteiger partial charge in [0, 0.05) is 36.2 Å². The second kappa shape index (κ2) is 5.11. The van der Waals surface area contributed by atoms with Crippen LogP contribution in [0.5, 0.6) is 0 Å². The summed E-state index contributed by atoms with van der Waals surface area (Å²) in [5, 5.41) is 13.7. The van der Waals surface area contributed by atoms with E-state index in [1.807, 2.05) is 17.8 Å². The van der Waals surface area contributed by atoms with Gasteiger partial charge in [-0.05, 0) is 6.07 Å². The van der Waals surface area contributed by atoms with Crippen LogP contribution in [0.2, 0.25) is 0 Å². The number of hydrogen-bond acceptors (Lipinski definition) is 4. The summed E-state index contributed by atoms with van der Waals surface area (Å²) < 4.78 is 1.95. The van der Waals surface area contributed by atoms with Gasteiger partial charge in [0.1, 0.15) is 5.82 Å². The van der Waals surface area contributed by atoms with Gasteiger partial charge in [-0.1, -0.05) is 0 Å². The molecule has 0 bridgehead atoms. The summed E-state index contributed by atoms with van der Waals surface area (Å²) in [6.45, 7) is 1.33. The fourth-order valence-corrected chi connectivity index (χ4v) is 2.28. The lowest BCUT2D eigenvalue weighted by atomic mass is 10.3. The van der Waals surface area contributed by atoms with E-state index in [-0.39, 0.29) is 0 Å². The minimum atomic E-state index is -0.878. The fourth-order valence-electron chi connectivity index (χ4n) is 1.45. The summed E-state index contributed by atoms with van der Waals surface area (Å²) in [5.41, 5.74) is 0.351. The zero-order chi connectivity index (χ0) is 12.3. The number of hydrogen-bond donors (Lipinski definition) is 2. The molecule has 90 valence electrons. The zero-order valence-electron chi connectivity index (χ0n) is 9.38. The minimum Gasteiger partial charge on any atom is -0.478 e. The molecule has 6 heteroatoms. The molecule has 0 fully saturated rings. The van der Waals surface area contributed by atoms with Crippen molar-refractivity contribution in [1.82, 2.24) is 14.9 Å². The number of carboxylic acids is 1. The Morgan fingerprint density at radius 2 is 2.41 bits per heavy atom. The second-order valence-electron chi connectivity index (χ2n) is 3.66. The molecule has 5 nitrogen and oxygen atoms in total. The van der Waals surface area contributed by atoms with Crippen molar-refractivity contribution in [3.63, 3.8) is 0 Å². The number of nitrogens with zero attached hydrogens (tertiary/aromatic N) is 2. The highest BCUT2D eigenvalue weighted by Crippen LogP contribution is 2.14. The molecule has 17 heavy (non-hydrogen) atoms. The highest BCUT2D eigenvalue weighted by molar-refractivity contribution is 7.10. The Hall–Kier alpha value is -1.66. The number of imidazole rings is 1. The molecule has 0 aliphatic heterocycles. The normalized spacial score (nSPS) is 10.6. The van der Waals surface area contributed by atoms with E-state index in [1.165, 1.54) is 11.3 Å². The Labute approximate surface area is 103 Å². The van der Waals surface area contributed by atoms with Crippen molar-refractivity contribution < 1.29 is 9.90 Å². The van der Waals surface area contributed by atoms with Crippen LogP contribution in [0.15, 0.2) is 23.8 Å². The lowest BCUT2D eigenvalue weighted by Gasteiger charge is -2.02. The van der Waals surface area contributed by atoms with Crippen LogP contribution >= 0.6 is 11.3 Å². The molecule has 0 atom stereocenters. The number of aromatic nitrogens is 2. The first kappa shape index (κ1) is 11.8. The Morgan fingerprint density at radius 3 is 3.00 bits per heavy atom. The summed E-state index contributed by atoms with van der Waals surface area (Å²) in [5.74, 6) is 0.0802. The number of nitrogens with one attached hydrogen (secondary N) is 1. The molecule has 0 unspecified atom stereocenters. The first-order valence-corrected chi connectivity index (χ1v) is 6.02. The van der Waals surface area contributed by atoms with Crippen LogP contribution < -0.4 is 5.32 Å². The molecule has 0 spiro atoms. The van der Waals surface area contributed by atoms with Crippen molar-refractivity contribution in [3.8, 4) is 0 Å². The van der Waals surface area contributed by atoms with Crippen molar-refractivity contribution in [2.24, 2.45) is 7.05 Å². The molecular formula is C11H13N3O2S. The molecule has 0 saturated carbocycles. The lowest BCUT2D eigenvalue weighted by Crippen LogP contribution is -2.15. The predicted molar refractivity (Wildman–Crippen MR) is 65.0 cm³/mol. The van der Waals surface area contributed by atoms with Gasteiger partial charge < -0.3 is 15.0 Å². The third kappa shape index (κ3) is 2.92. The van der Waals surface area contributed by atoms with Gasteiger partial charge in [0.15, 0.2) is 0 Å². The number of rotatable bonds is 5. The molecule has 2 aromatic rings. The second-order valence-corrected chi connectivity index (χ2v) is 4.66. The van der Waals surface area contributed by atoms with Crippen LogP contribution in [-0.4, -0.2) is 20.6 Å². The summed E-state index contributed by atoms with van der Waals surface area (Å²) in [4.78, 5) is 15.9. The maximum absolute atomic E-state index is 10.7. The van der Waals surface area contributed by atoms with Gasteiger partial charge in [-0.3, -0.25) is 0 Å². The molecule has 0 radical (unpaired) electrons. The Kier molecular flexibility index (Phi) is 3.55. The number of aromatic carboxylic acids is 1. The van der Waals surface area contributed by atoms with Crippen LogP contribution in [0.4, 0.5) is 0 Å². The Balaban J connectivity index is 1.86. The van der Waals surface area contributed by atoms with Crippen molar-refractivity contribution in [2.45, 2.75) is 13.1 Å². The van der Waals surface area contributed by atoms with E-state index in [2.05, 4.69) is 10.3 Å². The van der Waals surface area contributed by atoms with E-state index in [1.54, 1.807) is 17.6 Å². The van der Waals surface area contributed by atoms with Crippen molar-refractivity contribution in [2.75, 3.05) is 0 Å². The van der Waals surface area contributed by atoms with Gasteiger partial charge in [0.05, 0.1) is 12.1 Å². The van der Waals surface area contributed by atoms with Crippen LogP contribution in [0, 0.1) is 0 Å². The maximum Gasteiger partial charge on any atom is 0.336 e. The summed E-state index contributed by atoms with van der Waals surface area (Å²) in [6.07, 6.45) is 3.65. The molecule has 0 amide bonds. The van der Waals surface area contributed by atoms with Crippen LogP contribution in [0.1, 0.15) is 21.1 Å². The Bertz CT molecular complexity index is 518. The van der Waals surface area contributed by atoms with Gasteiger partial charge in [-0.2, -0.15) is 0 Å². The number of thiophene rings is 1. The first-order valence-electron chi connectivity index (χ1n) is 5.14. The van der Waals surface area contributed by atoms with Crippen molar-refractivity contribution in [1.29, 1.82) is 0 Å². The third-order valence-electron chi connectivity index (χ3n) is 2.40. The molecule has 2 N–H and O–H groups in total. The molecular weight excluding hydrogens is 238 g/mol. The van der Waals surface area contributed by atoms with Gasteiger partial charge in [-0.15, -0.1) is 11.3 Å². The molecule has 2 aromatic heterocycles. The van der Waals surface area contributed by atoms with Gasteiger partial charge in [-0.25, -0.2) is 9.78 Å². The Morgan fingerprint density at radius 1 is 1.59 bits per heavy atom. The summed E-state index contributed by atoms with van der Waals surface area (Å²) >= 11 is 1.45. The lowest BCUT2D eigenvalue weighted by molar-refractivity contribution is 0.0697. The van der Waals surface area contributed by atoms with E-state index in [4.69, 9.17) is 5.11 Å². The standard InChI is InChI=1S/C11H13N3O2S/c1-14-3-2-13-10(14)6-12-5-9-4-8(7-17-9)11(15)16/h2-4,7,12H,5-6H2,1H3,(H,15,16). The first-order chi connectivity index (χ1) is 8.16. The van der Waals surface area contributed by atoms with Crippen LogP contribution in [-0.2, 0) is 20.1 Å². The van der Waals surface area contributed by atoms with E-state index in [0.29, 0.717) is 18.7 Å². The molecule has 2 heterocycles. The van der Waals surface area contributed by atoms with Crippen molar-refractivity contribution >= 4 is 17.3 Å². The summed E-state index contributed by atoms with van der Waals surface area (Å²) in [6, 6.07) is 1.69. The van der Waals surface area contributed by atoms with Crippen LogP contribution in [0.3, 0.4) is 0 Å². The largest absolute Gasteiger partial charge is 0.478 e. The molecule has 0 aliphatic rings. The topological polar surface area (TPSA) is 67.2 Å². The quantitative estimate of drug-likeness (QED) is 0.844. The molecule has 0 aromatic carbocycles. The number of carbonyl (C=O) groups is 1. The summed E-state index contributed by atoms with van der Waals surface area (Å²) in [7, 11) is 1.94. The van der Waals surface area contributed by atoms with Gasteiger partial charge >= 0.3 is 5.97 Å². The molecule has 0 aliphatic carbocycles. The zero-order valence-corrected chi connectivity index (χ0v) is 10.2. The maximum atomic E-state index is 10.7. The molecule has 2 rings (SSSR count). The fraction of sp³-hybridized carbons (Fsp3) is 0.273. The number of aryl methyl sites for hydroxylation is 1. The minimum absolute atomic E-state index is 0.351. The smallest absolute Gasteiger partial charge is 0.336 e. The monoisotopic (exact) mass is 251 g/mol. The van der Waals surface area contributed by atoms with Crippen molar-refractivity contribution in [3.05, 3.63) is 40.1 Å². The van der Waals surface area contributed by atoms with E-state index in [9.17, 15) is 4.79 Å². The predicted octanol–water partition coefficient (Wildman–Crippen LogP) is 1.47. The average Bonchev–Trinajstić information content (AvgIpc) is 2.89. The third-order valence-corrected chi connectivity index (χ3v) is 3.34. The number of carboxylic acid groups (broad SMARTS) is 1. The van der Waals surface area contributed by atoms with Gasteiger partial charge in [0.25, 0.3) is 0 Å². The van der Waals surface area contributed by atoms with E-state index >= 15 is 0 Å². The van der Waals surface area contributed by atoms with Crippen LogP contribution in [0.25, 0.3) is 0 Å².